The number of nitro groups is 1. The second-order valence-corrected chi connectivity index (χ2v) is 8.07. The molecule has 2 aromatic rings. The first kappa shape index (κ1) is 22.1. The molecule has 9 nitrogen and oxygen atoms in total. The summed E-state index contributed by atoms with van der Waals surface area (Å²) in [7, 11) is 0. The van der Waals surface area contributed by atoms with E-state index in [9.17, 15) is 29.3 Å². The fourth-order valence-corrected chi connectivity index (χ4v) is 4.17. The monoisotopic (exact) mass is 447 g/mol. The molecule has 0 radical (unpaired) electrons. The van der Waals surface area contributed by atoms with Gasteiger partial charge in [0.25, 0.3) is 23.4 Å². The van der Waals surface area contributed by atoms with Gasteiger partial charge in [-0.2, -0.15) is 5.01 Å². The van der Waals surface area contributed by atoms with E-state index in [1.54, 1.807) is 24.3 Å². The fourth-order valence-electron chi connectivity index (χ4n) is 4.17. The molecule has 1 heterocycles. The summed E-state index contributed by atoms with van der Waals surface area (Å²) in [5, 5.41) is 13.0. The molecule has 1 aliphatic carbocycles. The quantitative estimate of drug-likeness (QED) is 0.221. The van der Waals surface area contributed by atoms with Crippen molar-refractivity contribution in [2.45, 2.75) is 19.8 Å². The van der Waals surface area contributed by atoms with Crippen LogP contribution in [0.2, 0.25) is 0 Å². The Morgan fingerprint density at radius 1 is 1.00 bits per heavy atom. The molecule has 1 fully saturated rings. The van der Waals surface area contributed by atoms with Gasteiger partial charge in [0.05, 0.1) is 16.8 Å². The van der Waals surface area contributed by atoms with E-state index in [2.05, 4.69) is 0 Å². The number of nitrogens with zero attached hydrogens (tertiary/aromatic N) is 3. The van der Waals surface area contributed by atoms with E-state index in [0.717, 1.165) is 16.6 Å². The van der Waals surface area contributed by atoms with Crippen molar-refractivity contribution < 1.29 is 24.1 Å². The van der Waals surface area contributed by atoms with Crippen LogP contribution in [0.15, 0.2) is 60.7 Å². The molecule has 3 amide bonds. The molecule has 2 atom stereocenters. The largest absolute Gasteiger partial charge is 0.292 e. The van der Waals surface area contributed by atoms with E-state index in [1.165, 1.54) is 18.2 Å². The number of hydrogen-bond donors (Lipinski definition) is 0. The van der Waals surface area contributed by atoms with Crippen molar-refractivity contribution in [3.05, 3.63) is 87.5 Å². The van der Waals surface area contributed by atoms with Crippen molar-refractivity contribution in [1.29, 1.82) is 0 Å². The van der Waals surface area contributed by atoms with E-state index < -0.39 is 52.5 Å². The minimum absolute atomic E-state index is 0.291. The average molecular weight is 447 g/mol. The Morgan fingerprint density at radius 2 is 1.58 bits per heavy atom. The number of amides is 3. The van der Waals surface area contributed by atoms with E-state index in [1.807, 2.05) is 19.1 Å². The van der Waals surface area contributed by atoms with Crippen LogP contribution in [0.3, 0.4) is 0 Å². The van der Waals surface area contributed by atoms with Crippen LogP contribution in [0.4, 0.5) is 5.69 Å². The molecular weight excluding hydrogens is 426 g/mol. The van der Waals surface area contributed by atoms with Gasteiger partial charge in [0.2, 0.25) is 0 Å². The van der Waals surface area contributed by atoms with Gasteiger partial charge in [0.1, 0.15) is 12.1 Å². The zero-order valence-electron chi connectivity index (χ0n) is 17.8. The minimum atomic E-state index is -0.962. The number of carbonyl (C=O) groups excluding carboxylic acids is 4. The summed E-state index contributed by atoms with van der Waals surface area (Å²) in [5.74, 6) is -3.89. The van der Waals surface area contributed by atoms with Gasteiger partial charge in [-0.1, -0.05) is 54.1 Å². The number of benzene rings is 2. The molecule has 0 N–H and O–H groups in total. The Bertz CT molecular complexity index is 1160. The summed E-state index contributed by atoms with van der Waals surface area (Å²) >= 11 is 0. The van der Waals surface area contributed by atoms with Crippen molar-refractivity contribution in [1.82, 2.24) is 10.0 Å². The highest BCUT2D eigenvalue weighted by atomic mass is 16.6. The summed E-state index contributed by atoms with van der Waals surface area (Å²) in [6.07, 6.45) is 4.32. The van der Waals surface area contributed by atoms with Crippen LogP contribution in [0.25, 0.3) is 0 Å². The third-order valence-electron chi connectivity index (χ3n) is 5.96. The summed E-state index contributed by atoms with van der Waals surface area (Å²) in [4.78, 5) is 63.6. The van der Waals surface area contributed by atoms with E-state index in [4.69, 9.17) is 0 Å². The maximum atomic E-state index is 13.5. The van der Waals surface area contributed by atoms with Gasteiger partial charge >= 0.3 is 0 Å². The zero-order chi connectivity index (χ0) is 23.7. The lowest BCUT2D eigenvalue weighted by atomic mass is 9.85. The number of aryl methyl sites for hydroxylation is 1. The molecule has 4 rings (SSSR count). The molecule has 1 saturated heterocycles. The number of para-hydroxylation sites is 1. The molecule has 0 saturated carbocycles. The molecule has 33 heavy (non-hydrogen) atoms. The molecule has 168 valence electrons. The average Bonchev–Trinajstić information content (AvgIpc) is 3.07. The molecule has 0 unspecified atom stereocenters. The van der Waals surface area contributed by atoms with Gasteiger partial charge < -0.3 is 0 Å². The summed E-state index contributed by atoms with van der Waals surface area (Å²) in [6, 6.07) is 11.9. The first-order valence-electron chi connectivity index (χ1n) is 10.5. The molecule has 2 aliphatic rings. The number of nitro benzene ring substituents is 1. The van der Waals surface area contributed by atoms with Crippen LogP contribution in [0.1, 0.15) is 39.1 Å². The lowest BCUT2D eigenvalue weighted by Crippen LogP contribution is -2.52. The number of rotatable bonds is 6. The Hall–Kier alpha value is -4.14. The number of hydrogen-bond acceptors (Lipinski definition) is 6. The number of ketones is 1. The number of allylic oxidation sites excluding steroid dienone is 2. The Labute approximate surface area is 189 Å². The van der Waals surface area contributed by atoms with Crippen molar-refractivity contribution in [3.8, 4) is 0 Å². The molecule has 0 spiro atoms. The first-order valence-corrected chi connectivity index (χ1v) is 10.5. The molecule has 0 bridgehead atoms. The predicted molar refractivity (Wildman–Crippen MR) is 117 cm³/mol. The topological polar surface area (TPSA) is 118 Å². The van der Waals surface area contributed by atoms with Crippen molar-refractivity contribution in [3.63, 3.8) is 0 Å². The normalized spacial score (nSPS) is 19.4. The van der Waals surface area contributed by atoms with Gasteiger partial charge in [0.15, 0.2) is 5.78 Å². The van der Waals surface area contributed by atoms with Crippen LogP contribution in [0.5, 0.6) is 0 Å². The van der Waals surface area contributed by atoms with E-state index in [0.29, 0.717) is 23.4 Å². The maximum Gasteiger partial charge on any atom is 0.282 e. The molecular formula is C24H21N3O6. The molecule has 9 heteroatoms. The van der Waals surface area contributed by atoms with Crippen LogP contribution >= 0.6 is 0 Å². The van der Waals surface area contributed by atoms with Crippen LogP contribution in [-0.4, -0.2) is 45.0 Å². The third-order valence-corrected chi connectivity index (χ3v) is 5.96. The second kappa shape index (κ2) is 8.78. The second-order valence-electron chi connectivity index (χ2n) is 8.07. The smallest absolute Gasteiger partial charge is 0.282 e. The van der Waals surface area contributed by atoms with Crippen molar-refractivity contribution >= 4 is 29.2 Å². The lowest BCUT2D eigenvalue weighted by molar-refractivity contribution is -0.385. The minimum Gasteiger partial charge on any atom is -0.292 e. The number of Topliss-reactive ketones (excluding diaryl/α,β-unsaturated/α-hetero) is 1. The highest BCUT2D eigenvalue weighted by molar-refractivity contribution is 6.10. The first-order chi connectivity index (χ1) is 15.8. The summed E-state index contributed by atoms with van der Waals surface area (Å²) in [5.41, 5.74) is 0.432. The number of hydrazine groups is 1. The van der Waals surface area contributed by atoms with Crippen molar-refractivity contribution in [2.24, 2.45) is 11.8 Å². The Kier molecular flexibility index (Phi) is 5.87. The lowest BCUT2D eigenvalue weighted by Gasteiger charge is -2.30. The summed E-state index contributed by atoms with van der Waals surface area (Å²) < 4.78 is 0. The number of fused-ring (bicyclic) bond motifs is 1. The Morgan fingerprint density at radius 3 is 2.15 bits per heavy atom. The highest BCUT2D eigenvalue weighted by Crippen LogP contribution is 2.36. The number of carbonyl (C=O) groups is 4. The highest BCUT2D eigenvalue weighted by Gasteiger charge is 2.51. The van der Waals surface area contributed by atoms with E-state index >= 15 is 0 Å². The van der Waals surface area contributed by atoms with Gasteiger partial charge in [-0.25, -0.2) is 5.01 Å². The summed E-state index contributed by atoms with van der Waals surface area (Å²) in [6.45, 7) is 1.24. The molecule has 0 aromatic heterocycles. The number of imide groups is 1. The fraction of sp³-hybridized carbons (Fsp3) is 0.250. The third kappa shape index (κ3) is 4.05. The van der Waals surface area contributed by atoms with E-state index in [-0.39, 0.29) is 5.56 Å². The predicted octanol–water partition coefficient (Wildman–Crippen LogP) is 3.09. The standard InChI is InChI=1S/C24H21N3O6/c1-15-10-12-16(13-11-15)21(28)14-25(22(29)19-8-4-5-9-20(19)27(32)33)26-23(30)17-6-2-3-7-18(17)24(26)31/h2-5,8-13,17-18H,6-7,14H2,1H3/t17-,18+. The Balaban J connectivity index is 1.74. The maximum absolute atomic E-state index is 13.5. The molecule has 1 aliphatic heterocycles. The van der Waals surface area contributed by atoms with Gasteiger partial charge in [-0.3, -0.25) is 29.3 Å². The zero-order valence-corrected chi connectivity index (χ0v) is 17.8. The van der Waals surface area contributed by atoms with Crippen LogP contribution < -0.4 is 0 Å². The van der Waals surface area contributed by atoms with Gasteiger partial charge in [-0.05, 0) is 25.8 Å². The van der Waals surface area contributed by atoms with Crippen molar-refractivity contribution in [2.75, 3.05) is 6.54 Å². The molecule has 2 aromatic carbocycles. The SMILES string of the molecule is Cc1ccc(C(=O)CN(C(=O)c2ccccc2[N+](=O)[O-])N2C(=O)[C@H]3CC=CC[C@H]3C2=O)cc1. The van der Waals surface area contributed by atoms with Gasteiger partial charge in [0, 0.05) is 11.6 Å². The van der Waals surface area contributed by atoms with Crippen LogP contribution in [-0.2, 0) is 9.59 Å². The van der Waals surface area contributed by atoms with Gasteiger partial charge in [-0.15, -0.1) is 0 Å². The van der Waals surface area contributed by atoms with Crippen LogP contribution in [0, 0.1) is 28.9 Å².